The second-order valence-electron chi connectivity index (χ2n) is 9.03. The monoisotopic (exact) mass is 401 g/mol. The van der Waals surface area contributed by atoms with Gasteiger partial charge in [0, 0.05) is 19.6 Å². The molecule has 0 aromatic heterocycles. The fourth-order valence-corrected chi connectivity index (χ4v) is 5.05. The van der Waals surface area contributed by atoms with Gasteiger partial charge in [-0.05, 0) is 94.3 Å². The number of fused-ring (bicyclic) bond motifs is 1. The van der Waals surface area contributed by atoms with Crippen molar-refractivity contribution in [3.8, 4) is 5.75 Å². The molecule has 0 saturated carbocycles. The highest BCUT2D eigenvalue weighted by Crippen LogP contribution is 2.29. The average Bonchev–Trinajstić information content (AvgIpc) is 3.27. The average molecular weight is 402 g/mol. The normalized spacial score (nSPS) is 24.4. The van der Waals surface area contributed by atoms with Gasteiger partial charge in [0.2, 0.25) is 0 Å². The first-order chi connectivity index (χ1) is 14.3. The Morgan fingerprint density at radius 1 is 1.14 bits per heavy atom. The lowest BCUT2D eigenvalue weighted by Gasteiger charge is -2.32. The Balaban J connectivity index is 1.15. The molecule has 3 aliphatic rings. The Bertz CT molecular complexity index is 627. The Morgan fingerprint density at radius 2 is 1.97 bits per heavy atom. The summed E-state index contributed by atoms with van der Waals surface area (Å²) < 4.78 is 11.5. The lowest BCUT2D eigenvalue weighted by Crippen LogP contribution is -2.49. The zero-order valence-corrected chi connectivity index (χ0v) is 18.2. The highest BCUT2D eigenvalue weighted by molar-refractivity contribution is 5.37. The van der Waals surface area contributed by atoms with Crippen LogP contribution in [0.1, 0.15) is 43.7 Å². The molecule has 0 bridgehead atoms. The summed E-state index contributed by atoms with van der Waals surface area (Å²) in [6.07, 6.45) is 8.02. The fourth-order valence-electron chi connectivity index (χ4n) is 5.05. The predicted octanol–water partition coefficient (Wildman–Crippen LogP) is 2.92. The molecule has 0 amide bonds. The summed E-state index contributed by atoms with van der Waals surface area (Å²) >= 11 is 0. The molecule has 2 atom stereocenters. The smallest absolute Gasteiger partial charge is 0.119 e. The van der Waals surface area contributed by atoms with Crippen molar-refractivity contribution < 1.29 is 9.47 Å². The molecule has 29 heavy (non-hydrogen) atoms. The van der Waals surface area contributed by atoms with Gasteiger partial charge in [-0.2, -0.15) is 0 Å². The molecule has 2 fully saturated rings. The Kier molecular flexibility index (Phi) is 7.83. The molecule has 1 aromatic rings. The minimum atomic E-state index is 0.413. The van der Waals surface area contributed by atoms with Crippen LogP contribution < -0.4 is 10.1 Å². The van der Waals surface area contributed by atoms with E-state index in [9.17, 15) is 0 Å². The topological polar surface area (TPSA) is 37.0 Å². The van der Waals surface area contributed by atoms with Crippen molar-refractivity contribution in [3.05, 3.63) is 29.3 Å². The van der Waals surface area contributed by atoms with Gasteiger partial charge >= 0.3 is 0 Å². The van der Waals surface area contributed by atoms with E-state index in [1.165, 1.54) is 57.3 Å². The van der Waals surface area contributed by atoms with Crippen LogP contribution in [0.4, 0.5) is 0 Å². The minimum absolute atomic E-state index is 0.413. The van der Waals surface area contributed by atoms with Gasteiger partial charge in [-0.15, -0.1) is 0 Å². The van der Waals surface area contributed by atoms with Crippen molar-refractivity contribution in [2.75, 3.05) is 59.1 Å². The zero-order chi connectivity index (χ0) is 19.9. The fraction of sp³-hybridized carbons (Fsp3) is 0.750. The summed E-state index contributed by atoms with van der Waals surface area (Å²) in [4.78, 5) is 5.12. The van der Waals surface area contributed by atoms with Crippen LogP contribution in [0.15, 0.2) is 18.2 Å². The molecule has 1 N–H and O–H groups in total. The summed E-state index contributed by atoms with van der Waals surface area (Å²) in [6.45, 7) is 11.7. The zero-order valence-electron chi connectivity index (χ0n) is 18.2. The number of benzene rings is 1. The predicted molar refractivity (Wildman–Crippen MR) is 118 cm³/mol. The van der Waals surface area contributed by atoms with Crippen LogP contribution in [-0.2, 0) is 17.6 Å². The van der Waals surface area contributed by atoms with E-state index in [0.717, 1.165) is 57.5 Å². The molecule has 0 spiro atoms. The van der Waals surface area contributed by atoms with Crippen molar-refractivity contribution in [1.82, 2.24) is 15.1 Å². The first-order valence-electron chi connectivity index (χ1n) is 11.8. The molecule has 5 nitrogen and oxygen atoms in total. The third kappa shape index (κ3) is 6.17. The Labute approximate surface area is 176 Å². The van der Waals surface area contributed by atoms with Crippen LogP contribution >= 0.6 is 0 Å². The summed E-state index contributed by atoms with van der Waals surface area (Å²) in [5, 5.41) is 3.61. The van der Waals surface area contributed by atoms with Crippen LogP contribution in [0, 0.1) is 5.92 Å². The van der Waals surface area contributed by atoms with E-state index in [1.807, 2.05) is 0 Å². The van der Waals surface area contributed by atoms with E-state index in [-0.39, 0.29) is 0 Å². The quantitative estimate of drug-likeness (QED) is 0.644. The van der Waals surface area contributed by atoms with Gasteiger partial charge in [-0.3, -0.25) is 4.90 Å². The molecular weight excluding hydrogens is 362 g/mol. The van der Waals surface area contributed by atoms with Crippen molar-refractivity contribution in [2.45, 2.75) is 51.6 Å². The second-order valence-corrected chi connectivity index (χ2v) is 9.03. The number of nitrogens with one attached hydrogen (secondary N) is 1. The van der Waals surface area contributed by atoms with Crippen LogP contribution in [-0.4, -0.2) is 75.1 Å². The third-order valence-electron chi connectivity index (χ3n) is 6.85. The van der Waals surface area contributed by atoms with Gasteiger partial charge in [0.1, 0.15) is 5.75 Å². The number of hydrogen-bond donors (Lipinski definition) is 1. The van der Waals surface area contributed by atoms with E-state index < -0.39 is 0 Å². The lowest BCUT2D eigenvalue weighted by molar-refractivity contribution is 0.0130. The summed E-state index contributed by atoms with van der Waals surface area (Å²) in [7, 11) is 0. The number of likely N-dealkylation sites (tertiary alicyclic amines) is 1. The number of aryl methyl sites for hydroxylation is 1. The van der Waals surface area contributed by atoms with Crippen LogP contribution in [0.25, 0.3) is 0 Å². The van der Waals surface area contributed by atoms with Gasteiger partial charge in [-0.25, -0.2) is 0 Å². The summed E-state index contributed by atoms with van der Waals surface area (Å²) in [6, 6.07) is 6.80. The highest BCUT2D eigenvalue weighted by Gasteiger charge is 2.23. The largest absolute Gasteiger partial charge is 0.494 e. The SMILES string of the molecule is CC(NCCCOc1ccc2c(c1)CCC(CN1CCCC1)C2)N1CCOCC1. The highest BCUT2D eigenvalue weighted by atomic mass is 16.5. The van der Waals surface area contributed by atoms with Crippen LogP contribution in [0.3, 0.4) is 0 Å². The van der Waals surface area contributed by atoms with Crippen LogP contribution in [0.2, 0.25) is 0 Å². The number of hydrogen-bond acceptors (Lipinski definition) is 5. The van der Waals surface area contributed by atoms with Crippen molar-refractivity contribution >= 4 is 0 Å². The maximum absolute atomic E-state index is 6.05. The molecule has 1 aliphatic carbocycles. The molecule has 1 aromatic carbocycles. The number of ether oxygens (including phenoxy) is 2. The number of rotatable bonds is 9. The Hall–Kier alpha value is -1.14. The van der Waals surface area contributed by atoms with Crippen LogP contribution in [0.5, 0.6) is 5.75 Å². The van der Waals surface area contributed by atoms with E-state index in [1.54, 1.807) is 5.56 Å². The Morgan fingerprint density at radius 3 is 2.79 bits per heavy atom. The van der Waals surface area contributed by atoms with Gasteiger partial charge < -0.3 is 19.7 Å². The molecule has 2 unspecified atom stereocenters. The van der Waals surface area contributed by atoms with Crippen molar-refractivity contribution in [1.29, 1.82) is 0 Å². The summed E-state index contributed by atoms with van der Waals surface area (Å²) in [5.41, 5.74) is 3.06. The standard InChI is InChI=1S/C24H39N3O2/c1-20(27-12-15-28-16-13-27)25-9-4-14-29-24-8-7-22-17-21(5-6-23(22)18-24)19-26-10-2-3-11-26/h7-8,18,20-21,25H,2-6,9-17,19H2,1H3. The minimum Gasteiger partial charge on any atom is -0.494 e. The van der Waals surface area contributed by atoms with Crippen molar-refractivity contribution in [2.24, 2.45) is 5.92 Å². The second kappa shape index (κ2) is 10.8. The molecule has 4 rings (SSSR count). The molecule has 5 heteroatoms. The molecule has 0 radical (unpaired) electrons. The lowest BCUT2D eigenvalue weighted by atomic mass is 9.83. The van der Waals surface area contributed by atoms with Gasteiger partial charge in [0.05, 0.1) is 26.0 Å². The maximum Gasteiger partial charge on any atom is 0.119 e. The molecule has 2 heterocycles. The van der Waals surface area contributed by atoms with Gasteiger partial charge in [0.15, 0.2) is 0 Å². The molecule has 2 aliphatic heterocycles. The first kappa shape index (κ1) is 21.1. The van der Waals surface area contributed by atoms with Gasteiger partial charge in [0.25, 0.3) is 0 Å². The maximum atomic E-state index is 6.05. The van der Waals surface area contributed by atoms with E-state index in [2.05, 4.69) is 40.2 Å². The molecular formula is C24H39N3O2. The molecule has 162 valence electrons. The molecule has 2 saturated heterocycles. The van der Waals surface area contributed by atoms with E-state index in [0.29, 0.717) is 6.17 Å². The van der Waals surface area contributed by atoms with E-state index in [4.69, 9.17) is 9.47 Å². The first-order valence-corrected chi connectivity index (χ1v) is 11.8. The van der Waals surface area contributed by atoms with Crippen molar-refractivity contribution in [3.63, 3.8) is 0 Å². The summed E-state index contributed by atoms with van der Waals surface area (Å²) in [5.74, 6) is 1.88. The number of nitrogens with zero attached hydrogens (tertiary/aromatic N) is 2. The van der Waals surface area contributed by atoms with E-state index >= 15 is 0 Å². The van der Waals surface area contributed by atoms with Gasteiger partial charge in [-0.1, -0.05) is 6.07 Å². The third-order valence-corrected chi connectivity index (χ3v) is 6.85. The number of morpholine rings is 1.